The molecule has 1 saturated heterocycles. The van der Waals surface area contributed by atoms with E-state index in [1.165, 1.54) is 16.7 Å². The van der Waals surface area contributed by atoms with Gasteiger partial charge in [-0.15, -0.1) is 0 Å². The van der Waals surface area contributed by atoms with Crippen LogP contribution in [0, 0.1) is 13.8 Å². The fraction of sp³-hybridized carbons (Fsp3) is 0.400. The van der Waals surface area contributed by atoms with Crippen LogP contribution in [0.2, 0.25) is 0 Å². The predicted molar refractivity (Wildman–Crippen MR) is 78.3 cm³/mol. The van der Waals surface area contributed by atoms with Crippen LogP contribution in [0.3, 0.4) is 0 Å². The van der Waals surface area contributed by atoms with Crippen LogP contribution in [0.1, 0.15) is 17.5 Å². The molecule has 4 heteroatoms. The zero-order valence-corrected chi connectivity index (χ0v) is 11.5. The molecule has 0 amide bonds. The minimum atomic E-state index is 0.277. The lowest BCUT2D eigenvalue weighted by molar-refractivity contribution is 0.751. The molecule has 100 valence electrons. The first kappa shape index (κ1) is 12.2. The predicted octanol–water partition coefficient (Wildman–Crippen LogP) is 2.23. The molecule has 0 bridgehead atoms. The van der Waals surface area contributed by atoms with E-state index < -0.39 is 0 Å². The van der Waals surface area contributed by atoms with Gasteiger partial charge in [0.05, 0.1) is 5.69 Å². The summed E-state index contributed by atoms with van der Waals surface area (Å²) in [5.74, 6) is 1.04. The van der Waals surface area contributed by atoms with E-state index in [-0.39, 0.29) is 6.04 Å². The topological polar surface area (TPSA) is 57.9 Å². The van der Waals surface area contributed by atoms with Gasteiger partial charge in [-0.2, -0.15) is 5.10 Å². The number of aromatic nitrogens is 2. The van der Waals surface area contributed by atoms with Gasteiger partial charge in [0.2, 0.25) is 0 Å². The molecule has 0 aliphatic carbocycles. The molecule has 1 unspecified atom stereocenters. The van der Waals surface area contributed by atoms with E-state index in [0.29, 0.717) is 0 Å². The molecule has 1 aliphatic heterocycles. The highest BCUT2D eigenvalue weighted by molar-refractivity contribution is 5.69. The average molecular weight is 256 g/mol. The second-order valence-corrected chi connectivity index (χ2v) is 5.41. The summed E-state index contributed by atoms with van der Waals surface area (Å²) < 4.78 is 0. The molecule has 1 aromatic heterocycles. The number of nitrogens with one attached hydrogen (secondary N) is 1. The van der Waals surface area contributed by atoms with Crippen LogP contribution in [0.4, 0.5) is 5.82 Å². The molecule has 2 heterocycles. The Morgan fingerprint density at radius 3 is 2.63 bits per heavy atom. The van der Waals surface area contributed by atoms with Gasteiger partial charge in [-0.3, -0.25) is 5.10 Å². The van der Waals surface area contributed by atoms with Crippen LogP contribution >= 0.6 is 0 Å². The lowest BCUT2D eigenvalue weighted by Crippen LogP contribution is -2.26. The Balaban J connectivity index is 1.92. The Labute approximate surface area is 113 Å². The van der Waals surface area contributed by atoms with Crippen LogP contribution in [0.15, 0.2) is 24.3 Å². The second-order valence-electron chi connectivity index (χ2n) is 5.41. The summed E-state index contributed by atoms with van der Waals surface area (Å²) in [5, 5.41) is 7.65. The van der Waals surface area contributed by atoms with Crippen LogP contribution < -0.4 is 10.6 Å². The maximum Gasteiger partial charge on any atom is 0.153 e. The number of H-pyrrole nitrogens is 1. The zero-order valence-electron chi connectivity index (χ0n) is 11.5. The first-order valence-corrected chi connectivity index (χ1v) is 6.77. The third-order valence-corrected chi connectivity index (χ3v) is 3.85. The van der Waals surface area contributed by atoms with Crippen molar-refractivity contribution in [1.29, 1.82) is 0 Å². The Kier molecular flexibility index (Phi) is 3.03. The van der Waals surface area contributed by atoms with Gasteiger partial charge >= 0.3 is 0 Å². The summed E-state index contributed by atoms with van der Waals surface area (Å²) >= 11 is 0. The molecule has 1 atom stereocenters. The molecule has 2 aromatic rings. The van der Waals surface area contributed by atoms with E-state index in [4.69, 9.17) is 5.73 Å². The van der Waals surface area contributed by atoms with Crippen molar-refractivity contribution in [3.63, 3.8) is 0 Å². The number of nitrogens with zero attached hydrogens (tertiary/aromatic N) is 2. The molecule has 1 aliphatic rings. The highest BCUT2D eigenvalue weighted by Crippen LogP contribution is 2.29. The van der Waals surface area contributed by atoms with Crippen molar-refractivity contribution in [2.45, 2.75) is 26.3 Å². The minimum absolute atomic E-state index is 0.277. The number of aromatic amines is 1. The summed E-state index contributed by atoms with van der Waals surface area (Å²) in [6.45, 7) is 6.12. The molecule has 1 fully saturated rings. The number of hydrogen-bond donors (Lipinski definition) is 2. The van der Waals surface area contributed by atoms with Gasteiger partial charge in [-0.05, 0) is 25.8 Å². The van der Waals surface area contributed by atoms with E-state index in [1.807, 2.05) is 0 Å². The van der Waals surface area contributed by atoms with Gasteiger partial charge < -0.3 is 10.6 Å². The second kappa shape index (κ2) is 4.70. The minimum Gasteiger partial charge on any atom is -0.353 e. The summed E-state index contributed by atoms with van der Waals surface area (Å²) in [7, 11) is 0. The van der Waals surface area contributed by atoms with Crippen molar-refractivity contribution < 1.29 is 0 Å². The highest BCUT2D eigenvalue weighted by atomic mass is 15.3. The largest absolute Gasteiger partial charge is 0.353 e. The van der Waals surface area contributed by atoms with Gasteiger partial charge in [-0.25, -0.2) is 0 Å². The van der Waals surface area contributed by atoms with Crippen molar-refractivity contribution in [2.75, 3.05) is 18.0 Å². The highest BCUT2D eigenvalue weighted by Gasteiger charge is 2.23. The first-order valence-electron chi connectivity index (χ1n) is 6.77. The third kappa shape index (κ3) is 2.24. The Morgan fingerprint density at radius 1 is 1.26 bits per heavy atom. The summed E-state index contributed by atoms with van der Waals surface area (Å²) in [5.41, 5.74) is 10.7. The summed E-state index contributed by atoms with van der Waals surface area (Å²) in [4.78, 5) is 2.27. The van der Waals surface area contributed by atoms with E-state index in [0.717, 1.165) is 31.0 Å². The van der Waals surface area contributed by atoms with E-state index in [1.54, 1.807) is 0 Å². The van der Waals surface area contributed by atoms with Crippen LogP contribution in [0.25, 0.3) is 11.3 Å². The quantitative estimate of drug-likeness (QED) is 0.866. The normalized spacial score (nSPS) is 19.1. The van der Waals surface area contributed by atoms with E-state index >= 15 is 0 Å². The standard InChI is InChI=1S/C15H20N4/c1-10-3-5-12(6-4-10)14-11(2)15(18-17-14)19-8-7-13(16)9-19/h3-6,13H,7-9,16H2,1-2H3,(H,17,18). The number of hydrogen-bond acceptors (Lipinski definition) is 3. The average Bonchev–Trinajstić information content (AvgIpc) is 2.97. The first-order chi connectivity index (χ1) is 9.15. The Morgan fingerprint density at radius 2 is 2.00 bits per heavy atom. The van der Waals surface area contributed by atoms with E-state index in [2.05, 4.69) is 53.2 Å². The third-order valence-electron chi connectivity index (χ3n) is 3.85. The molecule has 4 nitrogen and oxygen atoms in total. The van der Waals surface area contributed by atoms with Crippen LogP contribution in [-0.2, 0) is 0 Å². The van der Waals surface area contributed by atoms with Crippen LogP contribution in [0.5, 0.6) is 0 Å². The maximum absolute atomic E-state index is 5.97. The fourth-order valence-corrected chi connectivity index (χ4v) is 2.68. The molecule has 3 N–H and O–H groups in total. The fourth-order valence-electron chi connectivity index (χ4n) is 2.68. The molecule has 19 heavy (non-hydrogen) atoms. The van der Waals surface area contributed by atoms with Crippen molar-refractivity contribution in [3.05, 3.63) is 35.4 Å². The number of anilines is 1. The molecular weight excluding hydrogens is 236 g/mol. The Bertz CT molecular complexity index is 570. The summed E-state index contributed by atoms with van der Waals surface area (Å²) in [6, 6.07) is 8.80. The SMILES string of the molecule is Cc1ccc(-c2[nH]nc(N3CCC(N)C3)c2C)cc1. The van der Waals surface area contributed by atoms with Crippen molar-refractivity contribution in [2.24, 2.45) is 5.73 Å². The molecular formula is C15H20N4. The van der Waals surface area contributed by atoms with Gasteiger partial charge in [0, 0.05) is 24.7 Å². The molecule has 0 saturated carbocycles. The van der Waals surface area contributed by atoms with Gasteiger partial charge in [0.15, 0.2) is 5.82 Å². The van der Waals surface area contributed by atoms with E-state index in [9.17, 15) is 0 Å². The lowest BCUT2D eigenvalue weighted by atomic mass is 10.1. The van der Waals surface area contributed by atoms with Crippen LogP contribution in [-0.4, -0.2) is 29.3 Å². The van der Waals surface area contributed by atoms with Crippen molar-refractivity contribution >= 4 is 5.82 Å². The van der Waals surface area contributed by atoms with Crippen molar-refractivity contribution in [1.82, 2.24) is 10.2 Å². The Hall–Kier alpha value is -1.81. The molecule has 3 rings (SSSR count). The maximum atomic E-state index is 5.97. The number of benzene rings is 1. The summed E-state index contributed by atoms with van der Waals surface area (Å²) in [6.07, 6.45) is 1.05. The molecule has 0 radical (unpaired) electrons. The van der Waals surface area contributed by atoms with Gasteiger partial charge in [-0.1, -0.05) is 29.8 Å². The number of aryl methyl sites for hydroxylation is 1. The smallest absolute Gasteiger partial charge is 0.153 e. The zero-order chi connectivity index (χ0) is 13.4. The molecule has 0 spiro atoms. The lowest BCUT2D eigenvalue weighted by Gasteiger charge is -2.15. The monoisotopic (exact) mass is 256 g/mol. The van der Waals surface area contributed by atoms with Gasteiger partial charge in [0.25, 0.3) is 0 Å². The number of rotatable bonds is 2. The number of nitrogens with two attached hydrogens (primary N) is 1. The molecule has 1 aromatic carbocycles. The van der Waals surface area contributed by atoms with Gasteiger partial charge in [0.1, 0.15) is 0 Å². The van der Waals surface area contributed by atoms with Crippen molar-refractivity contribution in [3.8, 4) is 11.3 Å².